The number of pyridine rings is 1. The summed E-state index contributed by atoms with van der Waals surface area (Å²) in [5.41, 5.74) is 3.59. The van der Waals surface area contributed by atoms with Crippen LogP contribution in [0.5, 0.6) is 5.75 Å². The van der Waals surface area contributed by atoms with E-state index in [0.717, 1.165) is 48.6 Å². The quantitative estimate of drug-likeness (QED) is 0.458. The predicted octanol–water partition coefficient (Wildman–Crippen LogP) is 3.90. The molecule has 1 atom stereocenters. The standard InChI is InChI=1S/C27H30N6O2/c1-19(20-4-11-24(35-3)12-5-20)33-25(34)13-6-21-18-28-27(30-26(21)33)29-22-7-9-23(10-8-22)32-16-14-31(2)15-17-32/h4-13,18-19H,14-17H2,1-3H3,(H,28,29,30). The van der Waals surface area contributed by atoms with Crippen LogP contribution >= 0.6 is 0 Å². The maximum atomic E-state index is 12.9. The Labute approximate surface area is 204 Å². The average molecular weight is 471 g/mol. The van der Waals surface area contributed by atoms with Crippen molar-refractivity contribution in [3.8, 4) is 5.75 Å². The van der Waals surface area contributed by atoms with E-state index < -0.39 is 0 Å². The topological polar surface area (TPSA) is 75.5 Å². The second-order valence-corrected chi connectivity index (χ2v) is 8.93. The molecule has 4 aromatic rings. The van der Waals surface area contributed by atoms with E-state index in [-0.39, 0.29) is 11.6 Å². The second kappa shape index (κ2) is 9.76. The molecule has 5 rings (SSSR count). The first-order valence-electron chi connectivity index (χ1n) is 11.8. The fraction of sp³-hybridized carbons (Fsp3) is 0.296. The van der Waals surface area contributed by atoms with Crippen LogP contribution in [-0.2, 0) is 0 Å². The van der Waals surface area contributed by atoms with Crippen LogP contribution in [0.3, 0.4) is 0 Å². The predicted molar refractivity (Wildman–Crippen MR) is 140 cm³/mol. The fourth-order valence-electron chi connectivity index (χ4n) is 4.45. The molecule has 8 heteroatoms. The maximum Gasteiger partial charge on any atom is 0.252 e. The van der Waals surface area contributed by atoms with Gasteiger partial charge in [0.2, 0.25) is 5.95 Å². The molecule has 0 saturated carbocycles. The first-order chi connectivity index (χ1) is 17.0. The number of aromatic nitrogens is 3. The van der Waals surface area contributed by atoms with Gasteiger partial charge in [0.1, 0.15) is 11.4 Å². The van der Waals surface area contributed by atoms with Gasteiger partial charge < -0.3 is 19.9 Å². The highest BCUT2D eigenvalue weighted by Crippen LogP contribution is 2.25. The van der Waals surface area contributed by atoms with E-state index in [1.807, 2.05) is 43.3 Å². The normalized spacial score (nSPS) is 15.2. The zero-order chi connectivity index (χ0) is 24.4. The van der Waals surface area contributed by atoms with Crippen LogP contribution in [0.1, 0.15) is 18.5 Å². The van der Waals surface area contributed by atoms with Gasteiger partial charge in [0.05, 0.1) is 13.2 Å². The van der Waals surface area contributed by atoms with Crippen molar-refractivity contribution in [3.05, 3.63) is 82.8 Å². The highest BCUT2D eigenvalue weighted by atomic mass is 16.5. The first-order valence-corrected chi connectivity index (χ1v) is 11.8. The van der Waals surface area contributed by atoms with E-state index in [0.29, 0.717) is 11.6 Å². The minimum Gasteiger partial charge on any atom is -0.497 e. The van der Waals surface area contributed by atoms with Gasteiger partial charge >= 0.3 is 0 Å². The number of piperazine rings is 1. The van der Waals surface area contributed by atoms with Gasteiger partial charge in [-0.15, -0.1) is 0 Å². The van der Waals surface area contributed by atoms with E-state index >= 15 is 0 Å². The zero-order valence-corrected chi connectivity index (χ0v) is 20.3. The first kappa shape index (κ1) is 22.9. The highest BCUT2D eigenvalue weighted by molar-refractivity contribution is 5.76. The summed E-state index contributed by atoms with van der Waals surface area (Å²) >= 11 is 0. The Morgan fingerprint density at radius 1 is 0.943 bits per heavy atom. The number of nitrogens with zero attached hydrogens (tertiary/aromatic N) is 5. The Balaban J connectivity index is 1.41. The molecule has 0 bridgehead atoms. The number of ether oxygens (including phenoxy) is 1. The van der Waals surface area contributed by atoms with Gasteiger partial charge in [-0.25, -0.2) is 4.98 Å². The molecule has 3 heterocycles. The van der Waals surface area contributed by atoms with Crippen molar-refractivity contribution in [2.75, 3.05) is 50.6 Å². The van der Waals surface area contributed by atoms with Gasteiger partial charge in [-0.2, -0.15) is 4.98 Å². The van der Waals surface area contributed by atoms with Gasteiger partial charge in [0.25, 0.3) is 5.56 Å². The Kier molecular flexibility index (Phi) is 6.37. The summed E-state index contributed by atoms with van der Waals surface area (Å²) in [4.78, 5) is 26.9. The molecule has 2 aromatic heterocycles. The monoisotopic (exact) mass is 470 g/mol. The number of rotatable bonds is 6. The van der Waals surface area contributed by atoms with Gasteiger partial charge in [0, 0.05) is 55.2 Å². The Hall–Kier alpha value is -3.91. The van der Waals surface area contributed by atoms with Crippen molar-refractivity contribution in [2.45, 2.75) is 13.0 Å². The third kappa shape index (κ3) is 4.83. The van der Waals surface area contributed by atoms with Crippen LogP contribution in [-0.4, -0.2) is 59.8 Å². The van der Waals surface area contributed by atoms with Crippen molar-refractivity contribution in [3.63, 3.8) is 0 Å². The lowest BCUT2D eigenvalue weighted by atomic mass is 10.1. The fourth-order valence-corrected chi connectivity index (χ4v) is 4.45. The molecule has 1 N–H and O–H groups in total. The van der Waals surface area contributed by atoms with Gasteiger partial charge in [0.15, 0.2) is 0 Å². The van der Waals surface area contributed by atoms with Crippen molar-refractivity contribution < 1.29 is 4.74 Å². The van der Waals surface area contributed by atoms with Crippen molar-refractivity contribution >= 4 is 28.4 Å². The van der Waals surface area contributed by atoms with Crippen LogP contribution in [0.4, 0.5) is 17.3 Å². The van der Waals surface area contributed by atoms with Gasteiger partial charge in [-0.3, -0.25) is 9.36 Å². The molecular weight excluding hydrogens is 440 g/mol. The summed E-state index contributed by atoms with van der Waals surface area (Å²) in [7, 11) is 3.80. The zero-order valence-electron chi connectivity index (χ0n) is 20.3. The summed E-state index contributed by atoms with van der Waals surface area (Å²) in [6.45, 7) is 6.19. The largest absolute Gasteiger partial charge is 0.497 e. The number of likely N-dealkylation sites (N-methyl/N-ethyl adjacent to an activating group) is 1. The summed E-state index contributed by atoms with van der Waals surface area (Å²) < 4.78 is 6.97. The molecule has 180 valence electrons. The molecule has 1 aliphatic rings. The number of fused-ring (bicyclic) bond motifs is 1. The minimum absolute atomic E-state index is 0.109. The van der Waals surface area contributed by atoms with Crippen molar-refractivity contribution in [1.29, 1.82) is 0 Å². The number of benzene rings is 2. The van der Waals surface area contributed by atoms with E-state index in [9.17, 15) is 4.79 Å². The number of anilines is 3. The molecule has 1 aliphatic heterocycles. The molecule has 35 heavy (non-hydrogen) atoms. The molecule has 1 saturated heterocycles. The summed E-state index contributed by atoms with van der Waals surface area (Å²) in [6, 6.07) is 19.2. The number of hydrogen-bond donors (Lipinski definition) is 1. The number of hydrogen-bond acceptors (Lipinski definition) is 7. The average Bonchev–Trinajstić information content (AvgIpc) is 2.89. The van der Waals surface area contributed by atoms with E-state index in [1.165, 1.54) is 5.69 Å². The van der Waals surface area contributed by atoms with Gasteiger partial charge in [-0.05, 0) is 62.0 Å². The Morgan fingerprint density at radius 2 is 1.66 bits per heavy atom. The highest BCUT2D eigenvalue weighted by Gasteiger charge is 2.16. The van der Waals surface area contributed by atoms with Crippen LogP contribution in [0, 0.1) is 0 Å². The third-order valence-electron chi connectivity index (χ3n) is 6.64. The van der Waals surface area contributed by atoms with Crippen LogP contribution < -0.4 is 20.5 Å². The minimum atomic E-state index is -0.206. The molecule has 0 spiro atoms. The molecule has 1 fully saturated rings. The summed E-state index contributed by atoms with van der Waals surface area (Å²) in [6.07, 6.45) is 1.75. The third-order valence-corrected chi connectivity index (χ3v) is 6.64. The summed E-state index contributed by atoms with van der Waals surface area (Å²) in [5.74, 6) is 1.23. The molecule has 1 unspecified atom stereocenters. The molecule has 0 aliphatic carbocycles. The SMILES string of the molecule is COc1ccc(C(C)n2c(=O)ccc3cnc(Nc4ccc(N5CCN(C)CC5)cc4)nc32)cc1. The molecule has 0 amide bonds. The second-order valence-electron chi connectivity index (χ2n) is 8.93. The maximum absolute atomic E-state index is 12.9. The van der Waals surface area contributed by atoms with Crippen molar-refractivity contribution in [2.24, 2.45) is 0 Å². The van der Waals surface area contributed by atoms with E-state index in [2.05, 4.69) is 39.3 Å². The smallest absolute Gasteiger partial charge is 0.252 e. The lowest BCUT2D eigenvalue weighted by Crippen LogP contribution is -2.44. The van der Waals surface area contributed by atoms with E-state index in [4.69, 9.17) is 9.72 Å². The lowest BCUT2D eigenvalue weighted by Gasteiger charge is -2.34. The molecule has 2 aromatic carbocycles. The Bertz CT molecular complexity index is 1360. The molecule has 0 radical (unpaired) electrons. The van der Waals surface area contributed by atoms with Crippen LogP contribution in [0.2, 0.25) is 0 Å². The number of methoxy groups -OCH3 is 1. The molecular formula is C27H30N6O2. The Morgan fingerprint density at radius 3 is 2.34 bits per heavy atom. The lowest BCUT2D eigenvalue weighted by molar-refractivity contribution is 0.313. The van der Waals surface area contributed by atoms with Crippen molar-refractivity contribution in [1.82, 2.24) is 19.4 Å². The molecule has 8 nitrogen and oxygen atoms in total. The number of nitrogens with one attached hydrogen (secondary N) is 1. The van der Waals surface area contributed by atoms with Crippen LogP contribution in [0.25, 0.3) is 11.0 Å². The van der Waals surface area contributed by atoms with Gasteiger partial charge in [-0.1, -0.05) is 12.1 Å². The van der Waals surface area contributed by atoms with E-state index in [1.54, 1.807) is 30.0 Å². The van der Waals surface area contributed by atoms with Crippen LogP contribution in [0.15, 0.2) is 71.7 Å². The summed E-state index contributed by atoms with van der Waals surface area (Å²) in [5, 5.41) is 4.10.